The van der Waals surface area contributed by atoms with Gasteiger partial charge in [-0.25, -0.2) is 0 Å². The zero-order valence-electron chi connectivity index (χ0n) is 10.9. The monoisotopic (exact) mass is 278 g/mol. The Hall–Kier alpha value is -1.81. The van der Waals surface area contributed by atoms with Crippen molar-refractivity contribution in [3.63, 3.8) is 0 Å². The highest BCUT2D eigenvalue weighted by Gasteiger charge is 2.19. The molecule has 0 bridgehead atoms. The number of rotatable bonds is 5. The largest absolute Gasteiger partial charge is 0.497 e. The number of halogens is 1. The van der Waals surface area contributed by atoms with Crippen LogP contribution in [0.5, 0.6) is 5.75 Å². The second kappa shape index (κ2) is 5.89. The topological polar surface area (TPSA) is 44.1 Å². The second-order valence-electron chi connectivity index (χ2n) is 4.13. The normalized spacial score (nSPS) is 10.5. The number of aromatic nitrogens is 2. The number of methoxy groups -OCH3 is 1. The summed E-state index contributed by atoms with van der Waals surface area (Å²) in [6, 6.07) is 7.01. The van der Waals surface area contributed by atoms with Gasteiger partial charge in [-0.15, -0.1) is 0 Å². The summed E-state index contributed by atoms with van der Waals surface area (Å²) in [6.45, 7) is 2.69. The molecular weight excluding hydrogens is 264 g/mol. The third-order valence-electron chi connectivity index (χ3n) is 2.78. The Kier molecular flexibility index (Phi) is 4.22. The SMILES string of the molecule is CCCn1ncc(Cl)c1C(=O)c1cccc(OC)c1. The van der Waals surface area contributed by atoms with E-state index in [-0.39, 0.29) is 5.78 Å². The van der Waals surface area contributed by atoms with E-state index in [0.717, 1.165) is 6.42 Å². The van der Waals surface area contributed by atoms with Crippen molar-refractivity contribution in [3.05, 3.63) is 46.7 Å². The van der Waals surface area contributed by atoms with Gasteiger partial charge in [0.05, 0.1) is 18.3 Å². The van der Waals surface area contributed by atoms with E-state index in [1.54, 1.807) is 36.1 Å². The van der Waals surface area contributed by atoms with Gasteiger partial charge in [-0.2, -0.15) is 5.10 Å². The molecule has 1 heterocycles. The van der Waals surface area contributed by atoms with Crippen LogP contribution < -0.4 is 4.74 Å². The van der Waals surface area contributed by atoms with Crippen molar-refractivity contribution in [3.8, 4) is 5.75 Å². The number of nitrogens with zero attached hydrogens (tertiary/aromatic N) is 2. The summed E-state index contributed by atoms with van der Waals surface area (Å²) < 4.78 is 6.77. The van der Waals surface area contributed by atoms with Gasteiger partial charge in [0.25, 0.3) is 0 Å². The van der Waals surface area contributed by atoms with Gasteiger partial charge in [0.2, 0.25) is 5.78 Å². The molecule has 1 aromatic carbocycles. The second-order valence-corrected chi connectivity index (χ2v) is 4.53. The highest BCUT2D eigenvalue weighted by molar-refractivity contribution is 6.34. The number of hydrogen-bond acceptors (Lipinski definition) is 3. The highest BCUT2D eigenvalue weighted by Crippen LogP contribution is 2.21. The number of aryl methyl sites for hydroxylation is 1. The van der Waals surface area contributed by atoms with Gasteiger partial charge in [0, 0.05) is 12.1 Å². The molecule has 0 fully saturated rings. The van der Waals surface area contributed by atoms with E-state index in [0.29, 0.717) is 28.6 Å². The van der Waals surface area contributed by atoms with Crippen LogP contribution in [0.1, 0.15) is 29.4 Å². The number of ether oxygens (including phenoxy) is 1. The van der Waals surface area contributed by atoms with E-state index in [1.165, 1.54) is 6.20 Å². The number of carbonyl (C=O) groups excluding carboxylic acids is 1. The average Bonchev–Trinajstić information content (AvgIpc) is 2.79. The molecule has 100 valence electrons. The van der Waals surface area contributed by atoms with Gasteiger partial charge in [0.15, 0.2) is 0 Å². The van der Waals surface area contributed by atoms with Gasteiger partial charge < -0.3 is 4.74 Å². The van der Waals surface area contributed by atoms with Gasteiger partial charge in [-0.05, 0) is 18.6 Å². The Morgan fingerprint density at radius 2 is 2.26 bits per heavy atom. The maximum absolute atomic E-state index is 12.5. The Bertz CT molecular complexity index is 593. The first-order valence-corrected chi connectivity index (χ1v) is 6.45. The molecule has 1 aromatic heterocycles. The zero-order valence-corrected chi connectivity index (χ0v) is 11.6. The smallest absolute Gasteiger partial charge is 0.212 e. The van der Waals surface area contributed by atoms with Crippen LogP contribution in [0.2, 0.25) is 5.02 Å². The Balaban J connectivity index is 2.40. The standard InChI is InChI=1S/C14H15ClN2O2/c1-3-7-17-13(12(15)9-16-17)14(18)10-5-4-6-11(8-10)19-2/h4-6,8-9H,3,7H2,1-2H3. The number of carbonyl (C=O) groups is 1. The summed E-state index contributed by atoms with van der Waals surface area (Å²) in [5.41, 5.74) is 0.968. The van der Waals surface area contributed by atoms with Crippen LogP contribution in [-0.2, 0) is 6.54 Å². The minimum absolute atomic E-state index is 0.144. The third kappa shape index (κ3) is 2.79. The summed E-state index contributed by atoms with van der Waals surface area (Å²) in [5.74, 6) is 0.498. The van der Waals surface area contributed by atoms with Gasteiger partial charge in [-0.3, -0.25) is 9.48 Å². The molecular formula is C14H15ClN2O2. The fourth-order valence-electron chi connectivity index (χ4n) is 1.87. The number of ketones is 1. The molecule has 0 spiro atoms. The van der Waals surface area contributed by atoms with Crippen molar-refractivity contribution in [2.45, 2.75) is 19.9 Å². The molecule has 0 atom stereocenters. The van der Waals surface area contributed by atoms with Crippen molar-refractivity contribution in [1.82, 2.24) is 9.78 Å². The summed E-state index contributed by atoms with van der Waals surface area (Å²) in [5, 5.41) is 4.50. The molecule has 19 heavy (non-hydrogen) atoms. The Morgan fingerprint density at radius 3 is 2.95 bits per heavy atom. The van der Waals surface area contributed by atoms with Gasteiger partial charge in [0.1, 0.15) is 11.4 Å². The van der Waals surface area contributed by atoms with Gasteiger partial charge >= 0.3 is 0 Å². The molecule has 0 aliphatic carbocycles. The molecule has 0 amide bonds. The average molecular weight is 279 g/mol. The quantitative estimate of drug-likeness (QED) is 0.789. The number of hydrogen-bond donors (Lipinski definition) is 0. The molecule has 2 aromatic rings. The van der Waals surface area contributed by atoms with E-state index in [4.69, 9.17) is 16.3 Å². The molecule has 4 nitrogen and oxygen atoms in total. The van der Waals surface area contributed by atoms with Crippen molar-refractivity contribution in [1.29, 1.82) is 0 Å². The van der Waals surface area contributed by atoms with Gasteiger partial charge in [-0.1, -0.05) is 30.7 Å². The summed E-state index contributed by atoms with van der Waals surface area (Å²) in [6.07, 6.45) is 2.39. The molecule has 0 radical (unpaired) electrons. The molecule has 0 unspecified atom stereocenters. The molecule has 5 heteroatoms. The van der Waals surface area contributed by atoms with Crippen LogP contribution in [-0.4, -0.2) is 22.7 Å². The highest BCUT2D eigenvalue weighted by atomic mass is 35.5. The molecule has 0 saturated heterocycles. The first-order chi connectivity index (χ1) is 9.17. The van der Waals surface area contributed by atoms with Crippen LogP contribution in [0.3, 0.4) is 0 Å². The predicted molar refractivity (Wildman–Crippen MR) is 74.0 cm³/mol. The fraction of sp³-hybridized carbons (Fsp3) is 0.286. The third-order valence-corrected chi connectivity index (χ3v) is 3.05. The zero-order chi connectivity index (χ0) is 13.8. The summed E-state index contributed by atoms with van der Waals surface area (Å²) in [4.78, 5) is 12.5. The minimum Gasteiger partial charge on any atom is -0.497 e. The van der Waals surface area contributed by atoms with Crippen LogP contribution in [0.25, 0.3) is 0 Å². The Labute approximate surface area is 116 Å². The van der Waals surface area contributed by atoms with Crippen molar-refractivity contribution < 1.29 is 9.53 Å². The maximum Gasteiger partial charge on any atom is 0.212 e. The van der Waals surface area contributed by atoms with Crippen molar-refractivity contribution in [2.75, 3.05) is 7.11 Å². The van der Waals surface area contributed by atoms with E-state index in [2.05, 4.69) is 5.10 Å². The lowest BCUT2D eigenvalue weighted by Gasteiger charge is -2.07. The summed E-state index contributed by atoms with van der Waals surface area (Å²) >= 11 is 6.06. The lowest BCUT2D eigenvalue weighted by atomic mass is 10.1. The van der Waals surface area contributed by atoms with Crippen LogP contribution in [0.4, 0.5) is 0 Å². The summed E-state index contributed by atoms with van der Waals surface area (Å²) in [7, 11) is 1.57. The molecule has 0 aliphatic rings. The molecule has 0 saturated carbocycles. The van der Waals surface area contributed by atoms with E-state index in [9.17, 15) is 4.79 Å². The number of benzene rings is 1. The van der Waals surface area contributed by atoms with Crippen LogP contribution >= 0.6 is 11.6 Å². The van der Waals surface area contributed by atoms with E-state index >= 15 is 0 Å². The van der Waals surface area contributed by atoms with E-state index in [1.807, 2.05) is 6.92 Å². The molecule has 2 rings (SSSR count). The van der Waals surface area contributed by atoms with Crippen LogP contribution in [0.15, 0.2) is 30.5 Å². The fourth-order valence-corrected chi connectivity index (χ4v) is 2.10. The molecule has 0 aliphatic heterocycles. The first-order valence-electron chi connectivity index (χ1n) is 6.07. The Morgan fingerprint density at radius 1 is 1.47 bits per heavy atom. The van der Waals surface area contributed by atoms with Crippen molar-refractivity contribution in [2.24, 2.45) is 0 Å². The van der Waals surface area contributed by atoms with Crippen molar-refractivity contribution >= 4 is 17.4 Å². The van der Waals surface area contributed by atoms with E-state index < -0.39 is 0 Å². The lowest BCUT2D eigenvalue weighted by Crippen LogP contribution is -2.12. The van der Waals surface area contributed by atoms with Crippen LogP contribution in [0, 0.1) is 0 Å². The predicted octanol–water partition coefficient (Wildman–Crippen LogP) is 3.19. The molecule has 0 N–H and O–H groups in total. The maximum atomic E-state index is 12.5. The lowest BCUT2D eigenvalue weighted by molar-refractivity contribution is 0.102. The minimum atomic E-state index is -0.144. The first kappa shape index (κ1) is 13.6.